The Kier molecular flexibility index (Phi) is 7.36. The Morgan fingerprint density at radius 3 is 2.58 bits per heavy atom. The molecule has 2 N–H and O–H groups in total. The Labute approximate surface area is 196 Å². The molecule has 1 amide bonds. The maximum Gasteiger partial charge on any atom is 0.272 e. The fraction of sp³-hybridized carbons (Fsp3) is 0.444. The lowest BCUT2D eigenvalue weighted by molar-refractivity contribution is 0.0309. The van der Waals surface area contributed by atoms with Gasteiger partial charge < -0.3 is 19.8 Å². The van der Waals surface area contributed by atoms with Crippen molar-refractivity contribution in [3.8, 4) is 5.75 Å². The van der Waals surface area contributed by atoms with Gasteiger partial charge >= 0.3 is 0 Å². The Hall–Kier alpha value is -2.83. The van der Waals surface area contributed by atoms with E-state index in [4.69, 9.17) is 9.47 Å². The Bertz CT molecular complexity index is 1070. The fourth-order valence-electron chi connectivity index (χ4n) is 4.32. The van der Waals surface area contributed by atoms with E-state index in [2.05, 4.69) is 55.2 Å². The summed E-state index contributed by atoms with van der Waals surface area (Å²) >= 11 is 0. The Balaban J connectivity index is 1.42. The molecule has 0 radical (unpaired) electrons. The van der Waals surface area contributed by atoms with Gasteiger partial charge in [-0.05, 0) is 68.6 Å². The number of benzene rings is 2. The van der Waals surface area contributed by atoms with Crippen LogP contribution >= 0.6 is 0 Å². The van der Waals surface area contributed by atoms with E-state index in [0.717, 1.165) is 48.4 Å². The van der Waals surface area contributed by atoms with Crippen molar-refractivity contribution in [1.82, 2.24) is 9.88 Å². The van der Waals surface area contributed by atoms with Crippen LogP contribution in [-0.2, 0) is 4.74 Å². The first kappa shape index (κ1) is 23.3. The lowest BCUT2D eigenvalue weighted by Crippen LogP contribution is -2.38. The van der Waals surface area contributed by atoms with Crippen molar-refractivity contribution >= 4 is 22.5 Å². The summed E-state index contributed by atoms with van der Waals surface area (Å²) in [6.07, 6.45) is 2.15. The number of nitrogens with zero attached hydrogens (tertiary/aromatic N) is 1. The first-order valence-corrected chi connectivity index (χ1v) is 11.9. The molecule has 2 aromatic carbocycles. The van der Waals surface area contributed by atoms with Crippen LogP contribution in [0.1, 0.15) is 55.7 Å². The number of fused-ring (bicyclic) bond motifs is 1. The maximum atomic E-state index is 12.9. The fourth-order valence-corrected chi connectivity index (χ4v) is 4.32. The summed E-state index contributed by atoms with van der Waals surface area (Å²) in [4.78, 5) is 18.5. The van der Waals surface area contributed by atoms with Crippen LogP contribution in [0.4, 0.5) is 5.69 Å². The van der Waals surface area contributed by atoms with Gasteiger partial charge in [-0.3, -0.25) is 9.69 Å². The number of H-pyrrole nitrogens is 1. The summed E-state index contributed by atoms with van der Waals surface area (Å²) < 4.78 is 11.4. The zero-order valence-electron chi connectivity index (χ0n) is 20.1. The summed E-state index contributed by atoms with van der Waals surface area (Å²) in [5, 5.41) is 3.93. The largest absolute Gasteiger partial charge is 0.493 e. The van der Waals surface area contributed by atoms with Crippen LogP contribution in [0.25, 0.3) is 10.9 Å². The number of nitrogens with one attached hydrogen (secondary N) is 2. The molecule has 1 atom stereocenters. The monoisotopic (exact) mass is 449 g/mol. The average molecular weight is 450 g/mol. The molecular formula is C27H35N3O3. The smallest absolute Gasteiger partial charge is 0.272 e. The van der Waals surface area contributed by atoms with E-state index < -0.39 is 0 Å². The Morgan fingerprint density at radius 1 is 1.15 bits per heavy atom. The lowest BCUT2D eigenvalue weighted by atomic mass is 10.0. The molecule has 6 nitrogen and oxygen atoms in total. The van der Waals surface area contributed by atoms with Crippen LogP contribution in [0.15, 0.2) is 48.5 Å². The second-order valence-corrected chi connectivity index (χ2v) is 9.37. The van der Waals surface area contributed by atoms with Crippen molar-refractivity contribution in [3.63, 3.8) is 0 Å². The molecule has 1 fully saturated rings. The highest BCUT2D eigenvalue weighted by Crippen LogP contribution is 2.28. The van der Waals surface area contributed by atoms with Gasteiger partial charge in [-0.1, -0.05) is 32.0 Å². The number of aromatic amines is 1. The highest BCUT2D eigenvalue weighted by molar-refractivity contribution is 6.06. The van der Waals surface area contributed by atoms with E-state index in [1.165, 1.54) is 5.56 Å². The average Bonchev–Trinajstić information content (AvgIpc) is 3.28. The highest BCUT2D eigenvalue weighted by atomic mass is 16.5. The van der Waals surface area contributed by atoms with Gasteiger partial charge in [-0.15, -0.1) is 0 Å². The number of rotatable bonds is 8. The third kappa shape index (κ3) is 5.57. The molecule has 6 heteroatoms. The van der Waals surface area contributed by atoms with Crippen LogP contribution < -0.4 is 10.1 Å². The van der Waals surface area contributed by atoms with E-state index in [1.54, 1.807) is 0 Å². The number of carbonyl (C=O) groups excluding carboxylic acids is 1. The van der Waals surface area contributed by atoms with Crippen molar-refractivity contribution in [2.24, 2.45) is 5.92 Å². The quantitative estimate of drug-likeness (QED) is 0.468. The van der Waals surface area contributed by atoms with Crippen LogP contribution in [0.2, 0.25) is 0 Å². The zero-order chi connectivity index (χ0) is 23.4. The summed E-state index contributed by atoms with van der Waals surface area (Å²) in [6.45, 7) is 8.78. The van der Waals surface area contributed by atoms with Gasteiger partial charge in [-0.2, -0.15) is 0 Å². The minimum absolute atomic E-state index is 0.166. The van der Waals surface area contributed by atoms with Crippen LogP contribution in [0, 0.1) is 5.92 Å². The third-order valence-corrected chi connectivity index (χ3v) is 6.47. The van der Waals surface area contributed by atoms with Crippen molar-refractivity contribution in [3.05, 3.63) is 59.8 Å². The van der Waals surface area contributed by atoms with Crippen molar-refractivity contribution in [2.75, 3.05) is 32.2 Å². The predicted octanol–water partition coefficient (Wildman–Crippen LogP) is 5.63. The van der Waals surface area contributed by atoms with E-state index in [1.807, 2.05) is 36.4 Å². The molecule has 33 heavy (non-hydrogen) atoms. The van der Waals surface area contributed by atoms with E-state index in [9.17, 15) is 4.79 Å². The second kappa shape index (κ2) is 10.4. The van der Waals surface area contributed by atoms with Crippen LogP contribution in [-0.4, -0.2) is 48.7 Å². The predicted molar refractivity (Wildman–Crippen MR) is 133 cm³/mol. The Morgan fingerprint density at radius 2 is 1.88 bits per heavy atom. The second-order valence-electron chi connectivity index (χ2n) is 9.37. The van der Waals surface area contributed by atoms with E-state index in [0.29, 0.717) is 30.3 Å². The van der Waals surface area contributed by atoms with Crippen LogP contribution in [0.5, 0.6) is 5.75 Å². The molecule has 0 aliphatic carbocycles. The SMILES string of the molecule is CC(C)COc1cccc2[nH]c(C(=O)Nc3ccc([C@@H](C)N(C)C4CCOCC4)cc3)cc12. The molecule has 4 rings (SSSR count). The first-order chi connectivity index (χ1) is 15.9. The number of aromatic nitrogens is 1. The maximum absolute atomic E-state index is 12.9. The van der Waals surface area contributed by atoms with Gasteiger partial charge in [-0.25, -0.2) is 0 Å². The molecule has 1 saturated heterocycles. The van der Waals surface area contributed by atoms with Crippen molar-refractivity contribution in [1.29, 1.82) is 0 Å². The standard InChI is InChI=1S/C27H35N3O3/c1-18(2)17-33-26-7-5-6-24-23(26)16-25(29-24)27(31)28-21-10-8-20(9-11-21)19(3)30(4)22-12-14-32-15-13-22/h5-11,16,18-19,22,29H,12-15,17H2,1-4H3,(H,28,31)/t19-/m1/s1. The van der Waals surface area contributed by atoms with Gasteiger partial charge in [0.2, 0.25) is 0 Å². The van der Waals surface area contributed by atoms with Gasteiger partial charge in [0.15, 0.2) is 0 Å². The number of carbonyl (C=O) groups is 1. The molecular weight excluding hydrogens is 414 g/mol. The minimum Gasteiger partial charge on any atom is -0.493 e. The van der Waals surface area contributed by atoms with Gasteiger partial charge in [0, 0.05) is 41.9 Å². The molecule has 3 aromatic rings. The van der Waals surface area contributed by atoms with Gasteiger partial charge in [0.25, 0.3) is 5.91 Å². The summed E-state index contributed by atoms with van der Waals surface area (Å²) in [5.41, 5.74) is 3.42. The van der Waals surface area contributed by atoms with Gasteiger partial charge in [0.1, 0.15) is 11.4 Å². The van der Waals surface area contributed by atoms with Gasteiger partial charge in [0.05, 0.1) is 6.61 Å². The normalized spacial score (nSPS) is 15.8. The molecule has 1 aliphatic heterocycles. The molecule has 1 aromatic heterocycles. The first-order valence-electron chi connectivity index (χ1n) is 11.9. The third-order valence-electron chi connectivity index (χ3n) is 6.47. The number of amides is 1. The summed E-state index contributed by atoms with van der Waals surface area (Å²) in [6, 6.07) is 16.7. The topological polar surface area (TPSA) is 66.6 Å². The van der Waals surface area contributed by atoms with E-state index in [-0.39, 0.29) is 5.91 Å². The highest BCUT2D eigenvalue weighted by Gasteiger charge is 2.23. The van der Waals surface area contributed by atoms with Crippen LogP contribution in [0.3, 0.4) is 0 Å². The summed E-state index contributed by atoms with van der Waals surface area (Å²) in [7, 11) is 2.19. The molecule has 0 spiro atoms. The zero-order valence-corrected chi connectivity index (χ0v) is 20.1. The van der Waals surface area contributed by atoms with Crippen molar-refractivity contribution < 1.29 is 14.3 Å². The van der Waals surface area contributed by atoms with E-state index >= 15 is 0 Å². The minimum atomic E-state index is -0.166. The number of hydrogen-bond acceptors (Lipinski definition) is 4. The molecule has 176 valence electrons. The number of hydrogen-bond donors (Lipinski definition) is 2. The molecule has 0 bridgehead atoms. The lowest BCUT2D eigenvalue weighted by Gasteiger charge is -2.35. The molecule has 0 unspecified atom stereocenters. The molecule has 2 heterocycles. The molecule has 0 saturated carbocycles. The van der Waals surface area contributed by atoms with Crippen molar-refractivity contribution in [2.45, 2.75) is 45.7 Å². The number of ether oxygens (including phenoxy) is 2. The number of anilines is 1. The summed E-state index contributed by atoms with van der Waals surface area (Å²) in [5.74, 6) is 1.06. The molecule has 1 aliphatic rings.